The third kappa shape index (κ3) is 5.15. The molecule has 0 aliphatic heterocycles. The summed E-state index contributed by atoms with van der Waals surface area (Å²) in [5.74, 6) is 8.94. The van der Waals surface area contributed by atoms with Crippen LogP contribution in [-0.4, -0.2) is 0 Å². The largest absolute Gasteiger partial charge is 0.0625 e. The fourth-order valence-corrected chi connectivity index (χ4v) is 10.1. The summed E-state index contributed by atoms with van der Waals surface area (Å²) in [6.07, 6.45) is 21.3. The van der Waals surface area contributed by atoms with Gasteiger partial charge in [-0.25, -0.2) is 0 Å². The van der Waals surface area contributed by atoms with Crippen LogP contribution in [0, 0.1) is 64.1 Å². The van der Waals surface area contributed by atoms with Gasteiger partial charge in [0, 0.05) is 0 Å². The first-order valence-corrected chi connectivity index (χ1v) is 15.1. The van der Waals surface area contributed by atoms with Gasteiger partial charge in [-0.2, -0.15) is 0 Å². The van der Waals surface area contributed by atoms with Gasteiger partial charge in [-0.1, -0.05) is 87.0 Å². The van der Waals surface area contributed by atoms with Crippen molar-refractivity contribution in [3.05, 3.63) is 0 Å². The smallest absolute Gasteiger partial charge is 0.0238 e. The topological polar surface area (TPSA) is 0 Å². The van der Waals surface area contributed by atoms with Crippen LogP contribution in [0.15, 0.2) is 0 Å². The summed E-state index contributed by atoms with van der Waals surface area (Å²) in [6, 6.07) is 0. The molecular formula is C32H58. The molecule has 0 heterocycles. The van der Waals surface area contributed by atoms with Crippen LogP contribution < -0.4 is 0 Å². The zero-order chi connectivity index (χ0) is 23.1. The second-order valence-corrected chi connectivity index (χ2v) is 15.2. The van der Waals surface area contributed by atoms with Gasteiger partial charge in [0.1, 0.15) is 0 Å². The van der Waals surface area contributed by atoms with Crippen molar-refractivity contribution in [3.8, 4) is 0 Å². The molecule has 0 aromatic carbocycles. The monoisotopic (exact) mass is 442 g/mol. The van der Waals surface area contributed by atoms with E-state index in [1.807, 2.05) is 0 Å². The van der Waals surface area contributed by atoms with Crippen LogP contribution in [0.3, 0.4) is 0 Å². The Kier molecular flexibility index (Phi) is 7.79. The maximum absolute atomic E-state index is 2.83. The van der Waals surface area contributed by atoms with Crippen molar-refractivity contribution in [2.24, 2.45) is 64.1 Å². The number of hydrogen-bond donors (Lipinski definition) is 0. The van der Waals surface area contributed by atoms with E-state index < -0.39 is 0 Å². The highest BCUT2D eigenvalue weighted by atomic mass is 14.6. The van der Waals surface area contributed by atoms with Gasteiger partial charge in [0.2, 0.25) is 0 Å². The van der Waals surface area contributed by atoms with Crippen molar-refractivity contribution in [3.63, 3.8) is 0 Å². The van der Waals surface area contributed by atoms with Crippen molar-refractivity contribution < 1.29 is 0 Å². The lowest BCUT2D eigenvalue weighted by molar-refractivity contribution is -0.0496. The highest BCUT2D eigenvalue weighted by Gasteiger charge is 2.58. The maximum Gasteiger partial charge on any atom is -0.0238 e. The molecule has 4 rings (SSSR count). The van der Waals surface area contributed by atoms with Gasteiger partial charge in [0.15, 0.2) is 0 Å². The molecule has 6 unspecified atom stereocenters. The van der Waals surface area contributed by atoms with Gasteiger partial charge < -0.3 is 0 Å². The standard InChI is InChI=1S/C32H58/c1-22-13-16-25(17-14-22)28-18-15-23(2)19-29(28)30-26(21-31(4,5)6)20-24(3)32(30,7)27-11-9-8-10-12-27/h22-30H,8-21H2,1-7H3/t22?,23?,24-,25?,26?,28?,29?,30?,32?/m1/s1. The molecule has 0 amide bonds. The Morgan fingerprint density at radius 3 is 1.94 bits per heavy atom. The summed E-state index contributed by atoms with van der Waals surface area (Å²) in [4.78, 5) is 0. The molecule has 7 atom stereocenters. The molecule has 4 saturated carbocycles. The first-order chi connectivity index (χ1) is 15.1. The van der Waals surface area contributed by atoms with E-state index >= 15 is 0 Å². The van der Waals surface area contributed by atoms with E-state index in [2.05, 4.69) is 48.5 Å². The van der Waals surface area contributed by atoms with E-state index in [0.717, 1.165) is 53.3 Å². The summed E-state index contributed by atoms with van der Waals surface area (Å²) in [5, 5.41) is 0. The molecule has 0 radical (unpaired) electrons. The van der Waals surface area contributed by atoms with Crippen LogP contribution in [0.5, 0.6) is 0 Å². The van der Waals surface area contributed by atoms with Crippen molar-refractivity contribution >= 4 is 0 Å². The van der Waals surface area contributed by atoms with Gasteiger partial charge in [-0.05, 0) is 115 Å². The Labute approximate surface area is 202 Å². The molecule has 4 aliphatic carbocycles. The van der Waals surface area contributed by atoms with E-state index in [9.17, 15) is 0 Å². The number of rotatable bonds is 4. The van der Waals surface area contributed by atoms with Gasteiger partial charge in [0.05, 0.1) is 0 Å². The molecule has 0 bridgehead atoms. The average Bonchev–Trinajstić information content (AvgIpc) is 2.98. The van der Waals surface area contributed by atoms with E-state index in [1.54, 1.807) is 25.7 Å². The van der Waals surface area contributed by atoms with Gasteiger partial charge in [0.25, 0.3) is 0 Å². The van der Waals surface area contributed by atoms with E-state index in [1.165, 1.54) is 64.2 Å². The molecule has 0 aromatic rings. The zero-order valence-corrected chi connectivity index (χ0v) is 23.1. The summed E-state index contributed by atoms with van der Waals surface area (Å²) >= 11 is 0. The summed E-state index contributed by atoms with van der Waals surface area (Å²) in [5.41, 5.74) is 1.06. The second-order valence-electron chi connectivity index (χ2n) is 15.2. The Morgan fingerprint density at radius 1 is 0.688 bits per heavy atom. The molecule has 186 valence electrons. The van der Waals surface area contributed by atoms with Crippen molar-refractivity contribution in [2.45, 2.75) is 138 Å². The lowest BCUT2D eigenvalue weighted by atomic mass is 9.51. The van der Waals surface area contributed by atoms with Crippen LogP contribution >= 0.6 is 0 Å². The van der Waals surface area contributed by atoms with Crippen LogP contribution in [0.2, 0.25) is 0 Å². The van der Waals surface area contributed by atoms with Gasteiger partial charge >= 0.3 is 0 Å². The van der Waals surface area contributed by atoms with E-state index in [0.29, 0.717) is 10.8 Å². The van der Waals surface area contributed by atoms with Crippen LogP contribution in [-0.2, 0) is 0 Å². The minimum atomic E-state index is 0.469. The predicted molar refractivity (Wildman–Crippen MR) is 141 cm³/mol. The normalized spacial score (nSPS) is 47.0. The molecule has 4 aliphatic rings. The van der Waals surface area contributed by atoms with Crippen molar-refractivity contribution in [2.75, 3.05) is 0 Å². The Hall–Kier alpha value is 0. The van der Waals surface area contributed by atoms with Crippen LogP contribution in [0.4, 0.5) is 0 Å². The fourth-order valence-electron chi connectivity index (χ4n) is 10.1. The van der Waals surface area contributed by atoms with E-state index in [-0.39, 0.29) is 0 Å². The quantitative estimate of drug-likeness (QED) is 0.406. The SMILES string of the molecule is CC1CCC(C2CCC(C)CC2C2C(CC(C)(C)C)C[C@@H](C)C2(C)C2CCCCC2)CC1. The van der Waals surface area contributed by atoms with Gasteiger partial charge in [-0.15, -0.1) is 0 Å². The highest BCUT2D eigenvalue weighted by Crippen LogP contribution is 2.65. The third-order valence-corrected chi connectivity index (χ3v) is 11.6. The number of hydrogen-bond acceptors (Lipinski definition) is 0. The minimum Gasteiger partial charge on any atom is -0.0625 e. The third-order valence-electron chi connectivity index (χ3n) is 11.6. The Morgan fingerprint density at radius 2 is 1.31 bits per heavy atom. The molecule has 0 aromatic heterocycles. The second kappa shape index (κ2) is 9.93. The highest BCUT2D eigenvalue weighted by molar-refractivity contribution is 5.07. The molecule has 0 spiro atoms. The molecule has 4 fully saturated rings. The van der Waals surface area contributed by atoms with Crippen LogP contribution in [0.25, 0.3) is 0 Å². The summed E-state index contributed by atoms with van der Waals surface area (Å²) < 4.78 is 0. The molecule has 0 N–H and O–H groups in total. The molecular weight excluding hydrogens is 384 g/mol. The zero-order valence-electron chi connectivity index (χ0n) is 23.1. The van der Waals surface area contributed by atoms with Crippen molar-refractivity contribution in [1.29, 1.82) is 0 Å². The van der Waals surface area contributed by atoms with Crippen LogP contribution in [0.1, 0.15) is 138 Å². The first kappa shape index (κ1) is 25.1. The maximum atomic E-state index is 2.83. The molecule has 0 saturated heterocycles. The fraction of sp³-hybridized carbons (Fsp3) is 1.00. The summed E-state index contributed by atoms with van der Waals surface area (Å²) in [7, 11) is 0. The predicted octanol–water partition coefficient (Wildman–Crippen LogP) is 10.2. The minimum absolute atomic E-state index is 0.469. The van der Waals surface area contributed by atoms with E-state index in [4.69, 9.17) is 0 Å². The Balaban J connectivity index is 1.68. The molecule has 32 heavy (non-hydrogen) atoms. The lowest BCUT2D eigenvalue weighted by Gasteiger charge is -2.54. The summed E-state index contributed by atoms with van der Waals surface area (Å²) in [6.45, 7) is 18.2. The first-order valence-electron chi connectivity index (χ1n) is 15.1. The van der Waals surface area contributed by atoms with Gasteiger partial charge in [-0.3, -0.25) is 0 Å². The molecule has 0 nitrogen and oxygen atoms in total. The average molecular weight is 443 g/mol. The van der Waals surface area contributed by atoms with Crippen molar-refractivity contribution in [1.82, 2.24) is 0 Å². The Bertz CT molecular complexity index is 584. The lowest BCUT2D eigenvalue weighted by Crippen LogP contribution is -2.47. The molecule has 0 heteroatoms.